The Labute approximate surface area is 160 Å². The first-order valence-electron chi connectivity index (χ1n) is 8.80. The predicted octanol–water partition coefficient (Wildman–Crippen LogP) is -0.139. The summed E-state index contributed by atoms with van der Waals surface area (Å²) in [4.78, 5) is 48.3. The molecule has 9 heteroatoms. The van der Waals surface area contributed by atoms with Gasteiger partial charge in [-0.3, -0.25) is 14.4 Å². The molecule has 0 aliphatic heterocycles. The number of amides is 3. The summed E-state index contributed by atoms with van der Waals surface area (Å²) in [6.45, 7) is 11.0. The number of carbonyl (C=O) groups is 4. The highest BCUT2D eigenvalue weighted by Gasteiger charge is 2.32. The number of esters is 1. The minimum atomic E-state index is -1.21. The molecule has 9 nitrogen and oxygen atoms in total. The summed E-state index contributed by atoms with van der Waals surface area (Å²) in [6, 6.07) is -2.85. The molecule has 0 radical (unpaired) electrons. The Bertz CT molecular complexity index is 562. The minimum Gasteiger partial charge on any atom is -0.467 e. The zero-order chi connectivity index (χ0) is 21.6. The van der Waals surface area contributed by atoms with E-state index in [1.54, 1.807) is 20.8 Å². The average Bonchev–Trinajstić information content (AvgIpc) is 2.50. The van der Waals surface area contributed by atoms with Gasteiger partial charge in [-0.1, -0.05) is 20.8 Å². The van der Waals surface area contributed by atoms with Gasteiger partial charge in [0.05, 0.1) is 12.7 Å². The van der Waals surface area contributed by atoms with Crippen molar-refractivity contribution in [2.24, 2.45) is 5.41 Å². The fourth-order valence-electron chi connectivity index (χ4n) is 2.04. The van der Waals surface area contributed by atoms with E-state index < -0.39 is 46.9 Å². The van der Waals surface area contributed by atoms with E-state index in [9.17, 15) is 24.3 Å². The summed E-state index contributed by atoms with van der Waals surface area (Å²) in [5.74, 6) is -2.16. The van der Waals surface area contributed by atoms with Crippen LogP contribution < -0.4 is 16.0 Å². The van der Waals surface area contributed by atoms with Gasteiger partial charge in [0.1, 0.15) is 18.1 Å². The lowest BCUT2D eigenvalue weighted by molar-refractivity contribution is -0.144. The van der Waals surface area contributed by atoms with Crippen molar-refractivity contribution in [2.75, 3.05) is 7.11 Å². The molecule has 4 N–H and O–H groups in total. The molecule has 0 heterocycles. The molecule has 0 unspecified atom stereocenters. The molecule has 3 amide bonds. The van der Waals surface area contributed by atoms with E-state index in [1.807, 2.05) is 0 Å². The van der Waals surface area contributed by atoms with Crippen molar-refractivity contribution in [2.45, 2.75) is 78.6 Å². The molecule has 27 heavy (non-hydrogen) atoms. The van der Waals surface area contributed by atoms with Crippen molar-refractivity contribution in [1.82, 2.24) is 16.0 Å². The Morgan fingerprint density at radius 3 is 1.78 bits per heavy atom. The lowest BCUT2D eigenvalue weighted by Gasteiger charge is -2.29. The molecule has 0 aromatic carbocycles. The first kappa shape index (κ1) is 24.8. The average molecular weight is 387 g/mol. The minimum absolute atomic E-state index is 0.0342. The zero-order valence-electron chi connectivity index (χ0n) is 17.4. The summed E-state index contributed by atoms with van der Waals surface area (Å²) in [6.07, 6.45) is -0.0342. The fourth-order valence-corrected chi connectivity index (χ4v) is 2.04. The SMILES string of the molecule is COC(=O)[C@H](C)NC(=O)[C@H](C)NC(=O)[C@@H](CC(C)(C)O)NC(=O)C(C)(C)C. The van der Waals surface area contributed by atoms with Gasteiger partial charge < -0.3 is 25.8 Å². The van der Waals surface area contributed by atoms with E-state index in [0.717, 1.165) is 0 Å². The number of rotatable bonds is 8. The fraction of sp³-hybridized carbons (Fsp3) is 0.778. The van der Waals surface area contributed by atoms with E-state index in [0.29, 0.717) is 0 Å². The van der Waals surface area contributed by atoms with Crippen LogP contribution >= 0.6 is 0 Å². The van der Waals surface area contributed by atoms with Crippen LogP contribution in [0.2, 0.25) is 0 Å². The first-order chi connectivity index (χ1) is 12.1. The van der Waals surface area contributed by atoms with Crippen molar-refractivity contribution < 1.29 is 29.0 Å². The molecule has 0 saturated heterocycles. The highest BCUT2D eigenvalue weighted by atomic mass is 16.5. The Morgan fingerprint density at radius 2 is 1.37 bits per heavy atom. The number of hydrogen-bond donors (Lipinski definition) is 4. The van der Waals surface area contributed by atoms with Crippen molar-refractivity contribution in [3.05, 3.63) is 0 Å². The van der Waals surface area contributed by atoms with Crippen molar-refractivity contribution in [1.29, 1.82) is 0 Å². The Balaban J connectivity index is 5.08. The van der Waals surface area contributed by atoms with Crippen molar-refractivity contribution in [3.63, 3.8) is 0 Å². The number of aliphatic hydroxyl groups is 1. The van der Waals surface area contributed by atoms with E-state index in [1.165, 1.54) is 34.8 Å². The predicted molar refractivity (Wildman–Crippen MR) is 99.5 cm³/mol. The third kappa shape index (κ3) is 9.37. The molecule has 0 rings (SSSR count). The lowest BCUT2D eigenvalue weighted by Crippen LogP contribution is -2.56. The molecule has 0 aliphatic rings. The first-order valence-corrected chi connectivity index (χ1v) is 8.80. The number of nitrogens with one attached hydrogen (secondary N) is 3. The number of ether oxygens (including phenoxy) is 1. The van der Waals surface area contributed by atoms with Gasteiger partial charge >= 0.3 is 5.97 Å². The van der Waals surface area contributed by atoms with Gasteiger partial charge in [0, 0.05) is 11.8 Å². The molecule has 0 fully saturated rings. The smallest absolute Gasteiger partial charge is 0.328 e. The quantitative estimate of drug-likeness (QED) is 0.428. The molecular formula is C18H33N3O6. The Hall–Kier alpha value is -2.16. The number of methoxy groups -OCH3 is 1. The van der Waals surface area contributed by atoms with Crippen molar-refractivity contribution >= 4 is 23.7 Å². The van der Waals surface area contributed by atoms with Gasteiger partial charge in [-0.25, -0.2) is 4.79 Å². The van der Waals surface area contributed by atoms with E-state index in [2.05, 4.69) is 20.7 Å². The number of carbonyl (C=O) groups excluding carboxylic acids is 4. The number of hydrogen-bond acceptors (Lipinski definition) is 6. The van der Waals surface area contributed by atoms with E-state index >= 15 is 0 Å². The molecule has 3 atom stereocenters. The Kier molecular flexibility index (Phi) is 8.91. The molecule has 0 aliphatic carbocycles. The standard InChI is InChI=1S/C18H33N3O6/c1-10(13(22)20-11(2)15(24)27-8)19-14(23)12(9-18(6,7)26)21-16(25)17(3,4)5/h10-12,26H,9H2,1-8H3,(H,19,23)(H,20,22)(H,21,25)/t10-,11-,12+/m0/s1. The Morgan fingerprint density at radius 1 is 0.889 bits per heavy atom. The zero-order valence-corrected chi connectivity index (χ0v) is 17.4. The van der Waals surface area contributed by atoms with Gasteiger partial charge in [0.15, 0.2) is 0 Å². The van der Waals surface area contributed by atoms with Gasteiger partial charge in [-0.05, 0) is 27.7 Å². The van der Waals surface area contributed by atoms with Crippen LogP contribution in [0.3, 0.4) is 0 Å². The summed E-state index contributed by atoms with van der Waals surface area (Å²) < 4.78 is 4.53. The highest BCUT2D eigenvalue weighted by Crippen LogP contribution is 2.16. The van der Waals surface area contributed by atoms with Gasteiger partial charge in [0.25, 0.3) is 0 Å². The second-order valence-electron chi connectivity index (χ2n) is 8.28. The van der Waals surface area contributed by atoms with Crippen molar-refractivity contribution in [3.8, 4) is 0 Å². The van der Waals surface area contributed by atoms with Gasteiger partial charge in [0.2, 0.25) is 17.7 Å². The third-order valence-electron chi connectivity index (χ3n) is 3.67. The van der Waals surface area contributed by atoms with Gasteiger partial charge in [-0.2, -0.15) is 0 Å². The van der Waals surface area contributed by atoms with Crippen LogP contribution in [0.25, 0.3) is 0 Å². The molecule has 0 spiro atoms. The molecule has 0 bridgehead atoms. The van der Waals surface area contributed by atoms with Crippen LogP contribution in [-0.2, 0) is 23.9 Å². The van der Waals surface area contributed by atoms with Crippen LogP contribution in [0.4, 0.5) is 0 Å². The summed E-state index contributed by atoms with van der Waals surface area (Å²) >= 11 is 0. The summed E-state index contributed by atoms with van der Waals surface area (Å²) in [5, 5.41) is 17.6. The van der Waals surface area contributed by atoms with Crippen LogP contribution in [0.5, 0.6) is 0 Å². The normalized spacial score (nSPS) is 15.1. The monoisotopic (exact) mass is 387 g/mol. The second kappa shape index (κ2) is 9.68. The maximum absolute atomic E-state index is 12.6. The maximum atomic E-state index is 12.6. The maximum Gasteiger partial charge on any atom is 0.328 e. The van der Waals surface area contributed by atoms with Gasteiger partial charge in [-0.15, -0.1) is 0 Å². The van der Waals surface area contributed by atoms with Crippen LogP contribution in [0, 0.1) is 5.41 Å². The van der Waals surface area contributed by atoms with Crippen LogP contribution in [0.15, 0.2) is 0 Å². The van der Waals surface area contributed by atoms with E-state index in [-0.39, 0.29) is 12.3 Å². The third-order valence-corrected chi connectivity index (χ3v) is 3.67. The molecule has 156 valence electrons. The molecule has 0 aromatic heterocycles. The summed E-state index contributed by atoms with van der Waals surface area (Å²) in [7, 11) is 1.20. The van der Waals surface area contributed by atoms with Crippen LogP contribution in [0.1, 0.15) is 54.9 Å². The second-order valence-corrected chi connectivity index (χ2v) is 8.28. The topological polar surface area (TPSA) is 134 Å². The highest BCUT2D eigenvalue weighted by molar-refractivity contribution is 5.93. The summed E-state index contributed by atoms with van der Waals surface area (Å²) in [5.41, 5.74) is -1.94. The largest absolute Gasteiger partial charge is 0.467 e. The lowest BCUT2D eigenvalue weighted by atomic mass is 9.93. The van der Waals surface area contributed by atoms with Crippen LogP contribution in [-0.4, -0.2) is 59.6 Å². The molecule has 0 aromatic rings. The molecular weight excluding hydrogens is 354 g/mol. The van der Waals surface area contributed by atoms with E-state index in [4.69, 9.17) is 0 Å². The molecule has 0 saturated carbocycles.